The molecular weight excluding hydrogens is 220 g/mol. The first-order valence-corrected chi connectivity index (χ1v) is 7.72. The molecule has 110 valence electrons. The van der Waals surface area contributed by atoms with Gasteiger partial charge in [0.1, 0.15) is 0 Å². The zero-order valence-corrected chi connectivity index (χ0v) is 13.6. The van der Waals surface area contributed by atoms with Gasteiger partial charge in [0.05, 0.1) is 0 Å². The first-order chi connectivity index (χ1) is 8.31. The van der Waals surface area contributed by atoms with Crippen molar-refractivity contribution in [2.75, 3.05) is 26.2 Å². The van der Waals surface area contributed by atoms with Gasteiger partial charge in [-0.1, -0.05) is 41.5 Å². The molecule has 18 heavy (non-hydrogen) atoms. The lowest BCUT2D eigenvalue weighted by Gasteiger charge is -2.23. The molecule has 0 spiro atoms. The minimum Gasteiger partial charge on any atom is -0.317 e. The van der Waals surface area contributed by atoms with Crippen LogP contribution in [0.4, 0.5) is 0 Å². The topological polar surface area (TPSA) is 24.1 Å². The van der Waals surface area contributed by atoms with Gasteiger partial charge in [-0.25, -0.2) is 0 Å². The lowest BCUT2D eigenvalue weighted by Crippen LogP contribution is -2.26. The average Bonchev–Trinajstić information content (AvgIpc) is 2.18. The third-order valence-corrected chi connectivity index (χ3v) is 3.03. The fraction of sp³-hybridized carbons (Fsp3) is 1.00. The maximum atomic E-state index is 3.55. The van der Waals surface area contributed by atoms with Crippen molar-refractivity contribution in [3.63, 3.8) is 0 Å². The summed E-state index contributed by atoms with van der Waals surface area (Å²) in [5.41, 5.74) is 0.472. The second-order valence-electron chi connectivity index (χ2n) is 7.36. The molecular formula is C16H36N2. The van der Waals surface area contributed by atoms with Gasteiger partial charge >= 0.3 is 0 Å². The van der Waals surface area contributed by atoms with E-state index in [0.29, 0.717) is 5.41 Å². The minimum atomic E-state index is 0.472. The summed E-state index contributed by atoms with van der Waals surface area (Å²) >= 11 is 0. The van der Waals surface area contributed by atoms with Crippen LogP contribution in [-0.2, 0) is 0 Å². The van der Waals surface area contributed by atoms with Crippen LogP contribution in [0.2, 0.25) is 0 Å². The van der Waals surface area contributed by atoms with Gasteiger partial charge in [-0.15, -0.1) is 0 Å². The Hall–Kier alpha value is -0.0800. The largest absolute Gasteiger partial charge is 0.317 e. The van der Waals surface area contributed by atoms with Crippen LogP contribution in [-0.4, -0.2) is 26.2 Å². The minimum absolute atomic E-state index is 0.472. The molecule has 2 N–H and O–H groups in total. The van der Waals surface area contributed by atoms with E-state index >= 15 is 0 Å². The van der Waals surface area contributed by atoms with Gasteiger partial charge in [-0.05, 0) is 62.7 Å². The molecule has 0 aromatic heterocycles. The van der Waals surface area contributed by atoms with E-state index < -0.39 is 0 Å². The molecule has 0 rings (SSSR count). The Morgan fingerprint density at radius 3 is 2.06 bits per heavy atom. The molecule has 0 saturated carbocycles. The zero-order chi connectivity index (χ0) is 14.0. The van der Waals surface area contributed by atoms with Gasteiger partial charge in [0, 0.05) is 0 Å². The predicted molar refractivity (Wildman–Crippen MR) is 83.0 cm³/mol. The summed E-state index contributed by atoms with van der Waals surface area (Å²) in [6.45, 7) is 18.5. The number of nitrogens with one attached hydrogen (secondary N) is 2. The highest BCUT2D eigenvalue weighted by molar-refractivity contribution is 4.67. The van der Waals surface area contributed by atoms with Crippen LogP contribution in [0.3, 0.4) is 0 Å². The molecule has 0 radical (unpaired) electrons. The van der Waals surface area contributed by atoms with E-state index in [4.69, 9.17) is 0 Å². The number of hydrogen-bond acceptors (Lipinski definition) is 2. The van der Waals surface area contributed by atoms with Crippen molar-refractivity contribution >= 4 is 0 Å². The Labute approximate surface area is 115 Å². The van der Waals surface area contributed by atoms with Gasteiger partial charge in [0.15, 0.2) is 0 Å². The average molecular weight is 256 g/mol. The molecule has 0 heterocycles. The van der Waals surface area contributed by atoms with E-state index in [9.17, 15) is 0 Å². The van der Waals surface area contributed by atoms with Crippen molar-refractivity contribution in [3.05, 3.63) is 0 Å². The van der Waals surface area contributed by atoms with Crippen LogP contribution in [0.5, 0.6) is 0 Å². The quantitative estimate of drug-likeness (QED) is 0.583. The van der Waals surface area contributed by atoms with Gasteiger partial charge in [0.25, 0.3) is 0 Å². The summed E-state index contributed by atoms with van der Waals surface area (Å²) in [4.78, 5) is 0. The summed E-state index contributed by atoms with van der Waals surface area (Å²) in [6, 6.07) is 0. The summed E-state index contributed by atoms with van der Waals surface area (Å²) < 4.78 is 0. The molecule has 1 atom stereocenters. The fourth-order valence-electron chi connectivity index (χ4n) is 2.35. The zero-order valence-electron chi connectivity index (χ0n) is 13.6. The molecule has 0 aliphatic rings. The third kappa shape index (κ3) is 14.0. The fourth-order valence-corrected chi connectivity index (χ4v) is 2.35. The Morgan fingerprint density at radius 1 is 0.889 bits per heavy atom. The Kier molecular flexibility index (Phi) is 9.76. The first-order valence-electron chi connectivity index (χ1n) is 7.72. The van der Waals surface area contributed by atoms with Crippen molar-refractivity contribution in [1.82, 2.24) is 10.6 Å². The van der Waals surface area contributed by atoms with E-state index in [0.717, 1.165) is 31.5 Å². The molecule has 0 amide bonds. The predicted octanol–water partition coefficient (Wildman–Crippen LogP) is 3.67. The lowest BCUT2D eigenvalue weighted by molar-refractivity contribution is 0.294. The molecule has 2 heteroatoms. The third-order valence-electron chi connectivity index (χ3n) is 3.03. The molecule has 2 nitrogen and oxygen atoms in total. The molecule has 0 saturated heterocycles. The highest BCUT2D eigenvalue weighted by Gasteiger charge is 2.14. The van der Waals surface area contributed by atoms with Crippen LogP contribution in [0.25, 0.3) is 0 Å². The van der Waals surface area contributed by atoms with Gasteiger partial charge in [-0.3, -0.25) is 0 Å². The highest BCUT2D eigenvalue weighted by atomic mass is 14.9. The molecule has 1 unspecified atom stereocenters. The molecule has 0 aliphatic heterocycles. The first kappa shape index (κ1) is 17.9. The summed E-state index contributed by atoms with van der Waals surface area (Å²) in [6.07, 6.45) is 3.86. The van der Waals surface area contributed by atoms with Gasteiger partial charge in [0.2, 0.25) is 0 Å². The maximum absolute atomic E-state index is 3.55. The summed E-state index contributed by atoms with van der Waals surface area (Å²) in [5, 5.41) is 7.03. The van der Waals surface area contributed by atoms with E-state index in [2.05, 4.69) is 52.2 Å². The summed E-state index contributed by atoms with van der Waals surface area (Å²) in [7, 11) is 0. The van der Waals surface area contributed by atoms with Crippen molar-refractivity contribution in [3.8, 4) is 0 Å². The second-order valence-corrected chi connectivity index (χ2v) is 7.36. The van der Waals surface area contributed by atoms with Crippen LogP contribution in [0.1, 0.15) is 60.8 Å². The Balaban J connectivity index is 3.25. The van der Waals surface area contributed by atoms with Crippen LogP contribution in [0, 0.1) is 17.3 Å². The molecule has 0 aromatic carbocycles. The Morgan fingerprint density at radius 2 is 1.50 bits per heavy atom. The van der Waals surface area contributed by atoms with Crippen LogP contribution in [0.15, 0.2) is 0 Å². The standard InChI is InChI=1S/C16H36N2/c1-14(2)13-18-10-7-9-17-11-8-15(3)12-16(4,5)6/h14-15,17-18H,7-13H2,1-6H3. The smallest absolute Gasteiger partial charge is 0.00258 e. The monoisotopic (exact) mass is 256 g/mol. The lowest BCUT2D eigenvalue weighted by atomic mass is 9.84. The molecule has 0 fully saturated rings. The van der Waals surface area contributed by atoms with Crippen LogP contribution >= 0.6 is 0 Å². The van der Waals surface area contributed by atoms with Crippen molar-refractivity contribution in [2.24, 2.45) is 17.3 Å². The highest BCUT2D eigenvalue weighted by Crippen LogP contribution is 2.25. The van der Waals surface area contributed by atoms with E-state index in [1.54, 1.807) is 0 Å². The number of rotatable bonds is 10. The molecule has 0 aromatic rings. The SMILES string of the molecule is CC(C)CNCCCNCCC(C)CC(C)(C)C. The van der Waals surface area contributed by atoms with E-state index in [1.165, 1.54) is 25.8 Å². The van der Waals surface area contributed by atoms with E-state index in [-0.39, 0.29) is 0 Å². The number of hydrogen-bond donors (Lipinski definition) is 2. The van der Waals surface area contributed by atoms with E-state index in [1.807, 2.05) is 0 Å². The maximum Gasteiger partial charge on any atom is -0.00258 e. The normalized spacial score (nSPS) is 14.2. The van der Waals surface area contributed by atoms with Gasteiger partial charge < -0.3 is 10.6 Å². The van der Waals surface area contributed by atoms with Crippen molar-refractivity contribution < 1.29 is 0 Å². The second kappa shape index (κ2) is 9.80. The van der Waals surface area contributed by atoms with Crippen molar-refractivity contribution in [1.29, 1.82) is 0 Å². The van der Waals surface area contributed by atoms with Gasteiger partial charge in [-0.2, -0.15) is 0 Å². The van der Waals surface area contributed by atoms with Crippen molar-refractivity contribution in [2.45, 2.75) is 60.8 Å². The Bertz CT molecular complexity index is 182. The summed E-state index contributed by atoms with van der Waals surface area (Å²) in [5.74, 6) is 1.59. The van der Waals surface area contributed by atoms with Crippen LogP contribution < -0.4 is 10.6 Å². The molecule has 0 aliphatic carbocycles. The molecule has 0 bridgehead atoms.